The number of hydrogen-bond donors (Lipinski definition) is 1. The summed E-state index contributed by atoms with van der Waals surface area (Å²) in [5, 5.41) is 3.12. The number of rotatable bonds is 3. The molecule has 0 bridgehead atoms. The number of benzene rings is 2. The maximum absolute atomic E-state index is 13.5. The Bertz CT molecular complexity index is 817. The molecule has 0 saturated carbocycles. The number of sulfonamides is 1. The van der Waals surface area contributed by atoms with Crippen molar-refractivity contribution in [3.63, 3.8) is 0 Å². The summed E-state index contributed by atoms with van der Waals surface area (Å²) in [7, 11) is -3.86. The highest BCUT2D eigenvalue weighted by atomic mass is 35.5. The molecule has 4 nitrogen and oxygen atoms in total. The third-order valence-corrected chi connectivity index (χ3v) is 5.73. The molecule has 1 aliphatic heterocycles. The van der Waals surface area contributed by atoms with E-state index < -0.39 is 27.7 Å². The zero-order valence-corrected chi connectivity index (χ0v) is 14.3. The molecule has 1 aliphatic rings. The van der Waals surface area contributed by atoms with Crippen molar-refractivity contribution in [1.29, 1.82) is 0 Å². The molecule has 1 atom stereocenters. The Kier molecular flexibility index (Phi) is 5.92. The minimum atomic E-state index is -3.86. The van der Waals surface area contributed by atoms with E-state index in [1.807, 2.05) is 0 Å². The number of hydrogen-bond acceptors (Lipinski definition) is 3. The van der Waals surface area contributed by atoms with E-state index >= 15 is 0 Å². The quantitative estimate of drug-likeness (QED) is 0.898. The largest absolute Gasteiger partial charge is 0.313 e. The third kappa shape index (κ3) is 3.75. The van der Waals surface area contributed by atoms with Gasteiger partial charge in [-0.25, -0.2) is 17.2 Å². The fourth-order valence-corrected chi connectivity index (χ4v) is 4.38. The van der Waals surface area contributed by atoms with Crippen molar-refractivity contribution < 1.29 is 17.2 Å². The van der Waals surface area contributed by atoms with Crippen molar-refractivity contribution in [3.8, 4) is 0 Å². The fraction of sp³-hybridized carbons (Fsp3) is 0.250. The second kappa shape index (κ2) is 7.57. The van der Waals surface area contributed by atoms with Crippen molar-refractivity contribution in [2.24, 2.45) is 0 Å². The van der Waals surface area contributed by atoms with Crippen molar-refractivity contribution in [1.82, 2.24) is 9.62 Å². The lowest BCUT2D eigenvalue weighted by Gasteiger charge is -2.35. The summed E-state index contributed by atoms with van der Waals surface area (Å²) in [6.07, 6.45) is 0. The van der Waals surface area contributed by atoms with Gasteiger partial charge in [0.05, 0.1) is 10.9 Å². The lowest BCUT2D eigenvalue weighted by molar-refractivity contribution is 0.271. The molecular formula is C16H17ClF2N2O2S. The molecule has 0 spiro atoms. The molecule has 2 aromatic rings. The van der Waals surface area contributed by atoms with Crippen LogP contribution in [0.15, 0.2) is 53.4 Å². The van der Waals surface area contributed by atoms with Crippen LogP contribution in [0.1, 0.15) is 11.6 Å². The van der Waals surface area contributed by atoms with Crippen LogP contribution in [0.3, 0.4) is 0 Å². The number of nitrogens with zero attached hydrogens (tertiary/aromatic N) is 1. The molecule has 0 amide bonds. The SMILES string of the molecule is Cl.O=S(=O)(c1cccc(F)c1)N1CCNCC1c1cccc(F)c1. The van der Waals surface area contributed by atoms with Crippen LogP contribution >= 0.6 is 12.4 Å². The lowest BCUT2D eigenvalue weighted by Crippen LogP contribution is -2.48. The third-order valence-electron chi connectivity index (χ3n) is 3.83. The van der Waals surface area contributed by atoms with Crippen LogP contribution in [0, 0.1) is 11.6 Å². The van der Waals surface area contributed by atoms with Gasteiger partial charge >= 0.3 is 0 Å². The Morgan fingerprint density at radius 2 is 1.71 bits per heavy atom. The lowest BCUT2D eigenvalue weighted by atomic mass is 10.1. The molecule has 1 N–H and O–H groups in total. The average Bonchev–Trinajstić information content (AvgIpc) is 2.55. The Labute approximate surface area is 145 Å². The maximum atomic E-state index is 13.5. The van der Waals surface area contributed by atoms with Gasteiger partial charge in [-0.1, -0.05) is 18.2 Å². The zero-order chi connectivity index (χ0) is 16.4. The zero-order valence-electron chi connectivity index (χ0n) is 12.7. The normalized spacial score (nSPS) is 18.8. The van der Waals surface area contributed by atoms with Gasteiger partial charge in [0.15, 0.2) is 0 Å². The summed E-state index contributed by atoms with van der Waals surface area (Å²) in [5.74, 6) is -1.03. The highest BCUT2D eigenvalue weighted by Gasteiger charge is 2.34. The van der Waals surface area contributed by atoms with Gasteiger partial charge in [-0.15, -0.1) is 12.4 Å². The standard InChI is InChI=1S/C16H16F2N2O2S.ClH/c17-13-4-1-3-12(9-13)16-11-19-7-8-20(16)23(21,22)15-6-2-5-14(18)10-15;/h1-6,9-10,16,19H,7-8,11H2;1H. The van der Waals surface area contributed by atoms with Gasteiger partial charge < -0.3 is 5.32 Å². The molecule has 1 saturated heterocycles. The van der Waals surface area contributed by atoms with E-state index in [0.717, 1.165) is 6.07 Å². The highest BCUT2D eigenvalue weighted by molar-refractivity contribution is 7.89. The summed E-state index contributed by atoms with van der Waals surface area (Å²) in [6, 6.07) is 10.3. The molecule has 130 valence electrons. The molecule has 3 rings (SSSR count). The predicted octanol–water partition coefficient (Wildman–Crippen LogP) is 2.72. The minimum absolute atomic E-state index is 0. The van der Waals surface area contributed by atoms with Gasteiger partial charge in [-0.2, -0.15) is 4.31 Å². The van der Waals surface area contributed by atoms with Crippen molar-refractivity contribution >= 4 is 22.4 Å². The molecule has 0 aliphatic carbocycles. The molecular weight excluding hydrogens is 358 g/mol. The Balaban J connectivity index is 0.00000208. The number of halogens is 3. The molecule has 1 heterocycles. The van der Waals surface area contributed by atoms with Crippen LogP contribution in [0.2, 0.25) is 0 Å². The first kappa shape index (κ1) is 18.8. The Morgan fingerprint density at radius 1 is 1.04 bits per heavy atom. The van der Waals surface area contributed by atoms with E-state index in [9.17, 15) is 17.2 Å². The van der Waals surface area contributed by atoms with Crippen LogP contribution < -0.4 is 5.32 Å². The van der Waals surface area contributed by atoms with E-state index in [-0.39, 0.29) is 23.8 Å². The summed E-state index contributed by atoms with van der Waals surface area (Å²) >= 11 is 0. The first-order valence-corrected chi connectivity index (χ1v) is 8.66. The summed E-state index contributed by atoms with van der Waals surface area (Å²) < 4.78 is 53.9. The molecule has 2 aromatic carbocycles. The van der Waals surface area contributed by atoms with Crippen LogP contribution in [0.4, 0.5) is 8.78 Å². The van der Waals surface area contributed by atoms with E-state index in [1.54, 1.807) is 12.1 Å². The van der Waals surface area contributed by atoms with Crippen LogP contribution in [0.25, 0.3) is 0 Å². The van der Waals surface area contributed by atoms with Gasteiger partial charge in [-0.05, 0) is 35.9 Å². The smallest absolute Gasteiger partial charge is 0.243 e. The predicted molar refractivity (Wildman–Crippen MR) is 89.6 cm³/mol. The van der Waals surface area contributed by atoms with E-state index in [1.165, 1.54) is 34.6 Å². The Morgan fingerprint density at radius 3 is 2.38 bits per heavy atom. The second-order valence-corrected chi connectivity index (χ2v) is 7.24. The molecule has 0 radical (unpaired) electrons. The van der Waals surface area contributed by atoms with Gasteiger partial charge in [-0.3, -0.25) is 0 Å². The summed E-state index contributed by atoms with van der Waals surface area (Å²) in [5.41, 5.74) is 0.567. The first-order chi connectivity index (χ1) is 11.0. The second-order valence-electron chi connectivity index (χ2n) is 5.35. The average molecular weight is 375 g/mol. The van der Waals surface area contributed by atoms with E-state index in [2.05, 4.69) is 5.32 Å². The number of nitrogens with one attached hydrogen (secondary N) is 1. The fourth-order valence-electron chi connectivity index (χ4n) is 2.73. The molecule has 1 unspecified atom stereocenters. The summed E-state index contributed by atoms with van der Waals surface area (Å²) in [6.45, 7) is 1.10. The minimum Gasteiger partial charge on any atom is -0.313 e. The van der Waals surface area contributed by atoms with Gasteiger partial charge in [0.2, 0.25) is 10.0 Å². The molecule has 8 heteroatoms. The van der Waals surface area contributed by atoms with E-state index in [0.29, 0.717) is 18.7 Å². The number of piperazine rings is 1. The molecule has 0 aromatic heterocycles. The first-order valence-electron chi connectivity index (χ1n) is 7.22. The van der Waals surface area contributed by atoms with Gasteiger partial charge in [0.25, 0.3) is 0 Å². The Hall–Kier alpha value is -1.54. The van der Waals surface area contributed by atoms with Crippen molar-refractivity contribution in [3.05, 3.63) is 65.7 Å². The van der Waals surface area contributed by atoms with Crippen molar-refractivity contribution in [2.45, 2.75) is 10.9 Å². The van der Waals surface area contributed by atoms with Crippen LogP contribution in [-0.2, 0) is 10.0 Å². The van der Waals surface area contributed by atoms with Gasteiger partial charge in [0, 0.05) is 19.6 Å². The molecule has 1 fully saturated rings. The van der Waals surface area contributed by atoms with Gasteiger partial charge in [0.1, 0.15) is 11.6 Å². The summed E-state index contributed by atoms with van der Waals surface area (Å²) in [4.78, 5) is -0.0965. The maximum Gasteiger partial charge on any atom is 0.243 e. The van der Waals surface area contributed by atoms with E-state index in [4.69, 9.17) is 0 Å². The monoisotopic (exact) mass is 374 g/mol. The van der Waals surface area contributed by atoms with Crippen LogP contribution in [0.5, 0.6) is 0 Å². The topological polar surface area (TPSA) is 49.4 Å². The van der Waals surface area contributed by atoms with Crippen LogP contribution in [-0.4, -0.2) is 32.4 Å². The van der Waals surface area contributed by atoms with Crippen molar-refractivity contribution in [2.75, 3.05) is 19.6 Å². The molecule has 24 heavy (non-hydrogen) atoms. The highest BCUT2D eigenvalue weighted by Crippen LogP contribution is 2.29.